The van der Waals surface area contributed by atoms with Crippen LogP contribution in [0.4, 0.5) is 0 Å². The molecule has 0 atom stereocenters. The number of hydrogen-bond acceptors (Lipinski definition) is 4. The van der Waals surface area contributed by atoms with Crippen molar-refractivity contribution in [3.8, 4) is 0 Å². The molecule has 0 radical (unpaired) electrons. The lowest BCUT2D eigenvalue weighted by molar-refractivity contribution is 0.460. The van der Waals surface area contributed by atoms with Gasteiger partial charge in [-0.15, -0.1) is 0 Å². The van der Waals surface area contributed by atoms with Crippen molar-refractivity contribution in [1.29, 1.82) is 0 Å². The highest BCUT2D eigenvalue weighted by Crippen LogP contribution is 2.28. The Balaban J connectivity index is 1.49. The van der Waals surface area contributed by atoms with E-state index in [2.05, 4.69) is 42.7 Å². The molecule has 2 aromatic rings. The van der Waals surface area contributed by atoms with Gasteiger partial charge in [-0.25, -0.2) is 4.98 Å². The van der Waals surface area contributed by atoms with Gasteiger partial charge in [-0.3, -0.25) is 9.67 Å². The molecule has 1 saturated carbocycles. The Hall–Kier alpha value is -2.31. The van der Waals surface area contributed by atoms with Gasteiger partial charge in [0, 0.05) is 13.2 Å². The third-order valence-electron chi connectivity index (χ3n) is 4.50. The maximum Gasteiger partial charge on any atom is 0.214 e. The van der Waals surface area contributed by atoms with Gasteiger partial charge in [0.2, 0.25) is 5.89 Å². The molecule has 0 spiro atoms. The molecule has 2 aromatic heterocycles. The number of aliphatic imine (C=N–C) groups is 1. The molecule has 0 amide bonds. The van der Waals surface area contributed by atoms with E-state index in [1.54, 1.807) is 7.05 Å². The number of guanidine groups is 1. The van der Waals surface area contributed by atoms with E-state index in [0.29, 0.717) is 31.0 Å². The molecule has 0 saturated heterocycles. The van der Waals surface area contributed by atoms with Crippen molar-refractivity contribution in [1.82, 2.24) is 25.4 Å². The molecule has 2 N–H and O–H groups in total. The van der Waals surface area contributed by atoms with E-state index < -0.39 is 0 Å². The first-order valence-electron chi connectivity index (χ1n) is 8.57. The Kier molecular flexibility index (Phi) is 5.17. The van der Waals surface area contributed by atoms with Crippen molar-refractivity contribution in [2.24, 2.45) is 4.99 Å². The minimum atomic E-state index is 0.505. The third kappa shape index (κ3) is 3.96. The second-order valence-electron chi connectivity index (χ2n) is 6.25. The molecule has 0 unspecified atom stereocenters. The van der Waals surface area contributed by atoms with Crippen LogP contribution in [0.3, 0.4) is 0 Å². The number of nitrogens with zero attached hydrogens (tertiary/aromatic N) is 4. The smallest absolute Gasteiger partial charge is 0.214 e. The quantitative estimate of drug-likeness (QED) is 0.650. The van der Waals surface area contributed by atoms with Crippen molar-refractivity contribution in [2.45, 2.75) is 58.7 Å². The van der Waals surface area contributed by atoms with E-state index in [-0.39, 0.29) is 0 Å². The predicted molar refractivity (Wildman–Crippen MR) is 92.7 cm³/mol. The molecular weight excluding hydrogens is 304 g/mol. The van der Waals surface area contributed by atoms with Crippen LogP contribution in [0.15, 0.2) is 21.7 Å². The van der Waals surface area contributed by atoms with Gasteiger partial charge in [0.25, 0.3) is 0 Å². The van der Waals surface area contributed by atoms with E-state index in [4.69, 9.17) is 4.42 Å². The minimum Gasteiger partial charge on any atom is -0.444 e. The summed E-state index contributed by atoms with van der Waals surface area (Å²) in [5, 5.41) is 11.2. The largest absolute Gasteiger partial charge is 0.444 e. The zero-order valence-corrected chi connectivity index (χ0v) is 14.7. The Labute approximate surface area is 142 Å². The maximum absolute atomic E-state index is 5.56. The third-order valence-corrected chi connectivity index (χ3v) is 4.50. The van der Waals surface area contributed by atoms with E-state index in [1.165, 1.54) is 25.7 Å². The summed E-state index contributed by atoms with van der Waals surface area (Å²) in [5.74, 6) is 2.23. The van der Waals surface area contributed by atoms with Crippen molar-refractivity contribution in [3.63, 3.8) is 0 Å². The lowest BCUT2D eigenvalue weighted by atomic mass is 10.3. The average Bonchev–Trinajstić information content (AvgIpc) is 3.30. The molecule has 1 aliphatic rings. The number of aromatic nitrogens is 3. The van der Waals surface area contributed by atoms with Gasteiger partial charge in [-0.05, 0) is 32.8 Å². The molecule has 130 valence electrons. The molecular formula is C17H26N6O. The Morgan fingerprint density at radius 2 is 2.04 bits per heavy atom. The van der Waals surface area contributed by atoms with Gasteiger partial charge in [0.15, 0.2) is 5.96 Å². The molecule has 1 fully saturated rings. The first kappa shape index (κ1) is 16.5. The van der Waals surface area contributed by atoms with Crippen LogP contribution in [0.2, 0.25) is 0 Å². The summed E-state index contributed by atoms with van der Waals surface area (Å²) in [6, 6.07) is 2.65. The van der Waals surface area contributed by atoms with Gasteiger partial charge < -0.3 is 15.1 Å². The van der Waals surface area contributed by atoms with Gasteiger partial charge in [-0.2, -0.15) is 5.10 Å². The monoisotopic (exact) mass is 330 g/mol. The Bertz CT molecular complexity index is 676. The molecule has 0 aliphatic heterocycles. The van der Waals surface area contributed by atoms with E-state index in [1.807, 2.05) is 13.8 Å². The second kappa shape index (κ2) is 7.51. The summed E-state index contributed by atoms with van der Waals surface area (Å²) >= 11 is 0. The lowest BCUT2D eigenvalue weighted by Gasteiger charge is -2.10. The fraction of sp³-hybridized carbons (Fsp3) is 0.588. The summed E-state index contributed by atoms with van der Waals surface area (Å²) in [6.07, 6.45) is 7.20. The number of aryl methyl sites for hydroxylation is 2. The van der Waals surface area contributed by atoms with Crippen LogP contribution in [-0.2, 0) is 13.1 Å². The van der Waals surface area contributed by atoms with Crippen LogP contribution in [0.1, 0.15) is 54.8 Å². The molecule has 0 aromatic carbocycles. The van der Waals surface area contributed by atoms with Crippen molar-refractivity contribution >= 4 is 5.96 Å². The fourth-order valence-corrected chi connectivity index (χ4v) is 3.01. The van der Waals surface area contributed by atoms with Crippen molar-refractivity contribution in [2.75, 3.05) is 7.05 Å². The Morgan fingerprint density at radius 3 is 2.71 bits per heavy atom. The molecule has 1 aliphatic carbocycles. The van der Waals surface area contributed by atoms with Crippen molar-refractivity contribution in [3.05, 3.63) is 35.3 Å². The number of nitrogens with one attached hydrogen (secondary N) is 2. The highest BCUT2D eigenvalue weighted by molar-refractivity contribution is 5.79. The highest BCUT2D eigenvalue weighted by Gasteiger charge is 2.17. The van der Waals surface area contributed by atoms with Gasteiger partial charge in [0.1, 0.15) is 5.76 Å². The van der Waals surface area contributed by atoms with Crippen LogP contribution in [-0.4, -0.2) is 27.8 Å². The summed E-state index contributed by atoms with van der Waals surface area (Å²) in [7, 11) is 1.75. The zero-order valence-electron chi connectivity index (χ0n) is 14.7. The lowest BCUT2D eigenvalue weighted by Crippen LogP contribution is -2.36. The van der Waals surface area contributed by atoms with E-state index in [0.717, 1.165) is 17.1 Å². The molecule has 0 bridgehead atoms. The standard InChI is InChI=1S/C17H26N6O/c1-12-13(2)24-16(21-12)11-20-17(18-3)19-10-14-8-9-23(22-14)15-6-4-5-7-15/h8-9,15H,4-7,10-11H2,1-3H3,(H2,18,19,20). The first-order valence-corrected chi connectivity index (χ1v) is 8.57. The van der Waals surface area contributed by atoms with Gasteiger partial charge >= 0.3 is 0 Å². The van der Waals surface area contributed by atoms with Crippen LogP contribution >= 0.6 is 0 Å². The van der Waals surface area contributed by atoms with Gasteiger partial charge in [-0.1, -0.05) is 12.8 Å². The maximum atomic E-state index is 5.56. The normalized spacial score (nSPS) is 15.9. The molecule has 24 heavy (non-hydrogen) atoms. The second-order valence-corrected chi connectivity index (χ2v) is 6.25. The number of rotatable bonds is 5. The van der Waals surface area contributed by atoms with Crippen LogP contribution < -0.4 is 10.6 Å². The van der Waals surface area contributed by atoms with Crippen LogP contribution in [0.25, 0.3) is 0 Å². The first-order chi connectivity index (χ1) is 11.7. The summed E-state index contributed by atoms with van der Waals surface area (Å²) in [4.78, 5) is 8.58. The number of hydrogen-bond donors (Lipinski definition) is 2. The zero-order chi connectivity index (χ0) is 16.9. The summed E-state index contributed by atoms with van der Waals surface area (Å²) in [5.41, 5.74) is 1.94. The van der Waals surface area contributed by atoms with E-state index >= 15 is 0 Å². The fourth-order valence-electron chi connectivity index (χ4n) is 3.01. The number of oxazole rings is 1. The van der Waals surface area contributed by atoms with Gasteiger partial charge in [0.05, 0.1) is 30.5 Å². The Morgan fingerprint density at radius 1 is 1.29 bits per heavy atom. The SMILES string of the molecule is CN=C(NCc1ccn(C2CCCC2)n1)NCc1nc(C)c(C)o1. The predicted octanol–water partition coefficient (Wildman–Crippen LogP) is 2.47. The summed E-state index contributed by atoms with van der Waals surface area (Å²) < 4.78 is 7.67. The topological polar surface area (TPSA) is 80.3 Å². The van der Waals surface area contributed by atoms with E-state index in [9.17, 15) is 0 Å². The van der Waals surface area contributed by atoms with Crippen LogP contribution in [0.5, 0.6) is 0 Å². The molecule has 3 rings (SSSR count). The minimum absolute atomic E-state index is 0.505. The van der Waals surface area contributed by atoms with Crippen molar-refractivity contribution < 1.29 is 4.42 Å². The molecule has 2 heterocycles. The summed E-state index contributed by atoms with van der Waals surface area (Å²) in [6.45, 7) is 5.00. The molecule has 7 heteroatoms. The van der Waals surface area contributed by atoms with Crippen LogP contribution in [0, 0.1) is 13.8 Å². The molecule has 7 nitrogen and oxygen atoms in total. The highest BCUT2D eigenvalue weighted by atomic mass is 16.4. The average molecular weight is 330 g/mol.